The summed E-state index contributed by atoms with van der Waals surface area (Å²) in [6.07, 6.45) is 9.07. The molecule has 0 atom stereocenters. The van der Waals surface area contributed by atoms with Crippen LogP contribution in [0.5, 0.6) is 0 Å². The number of nitrogens with zero attached hydrogens (tertiary/aromatic N) is 8. The minimum atomic E-state index is 0. The Hall–Kier alpha value is -10.4. The van der Waals surface area contributed by atoms with Crippen molar-refractivity contribution in [2.75, 3.05) is 0 Å². The fourth-order valence-corrected chi connectivity index (χ4v) is 11.2. The molecule has 0 unspecified atom stereocenters. The van der Waals surface area contributed by atoms with Crippen LogP contribution in [0.4, 0.5) is 0 Å². The van der Waals surface area contributed by atoms with E-state index in [1.54, 1.807) is 17.2 Å². The normalized spacial score (nSPS) is 11.1. The van der Waals surface area contributed by atoms with Crippen LogP contribution in [-0.4, -0.2) is 38.9 Å². The average molecular weight is 1230 g/mol. The molecule has 391 valence electrons. The number of rotatable bonds is 7. The molecule has 0 amide bonds. The molecule has 0 bridgehead atoms. The predicted molar refractivity (Wildman–Crippen MR) is 332 cm³/mol. The minimum Gasteiger partial charge on any atom is -0.309 e. The molecule has 0 spiro atoms. The van der Waals surface area contributed by atoms with Crippen LogP contribution in [0.2, 0.25) is 0 Å². The second-order valence-corrected chi connectivity index (χ2v) is 19.6. The molecule has 6 aromatic heterocycles. The molecule has 1 radical (unpaired) electrons. The summed E-state index contributed by atoms with van der Waals surface area (Å²) < 4.78 is 6.46. The molecular formula is C73H49IrN8-. The molecule has 82 heavy (non-hydrogen) atoms. The summed E-state index contributed by atoms with van der Waals surface area (Å²) >= 11 is 0. The molecule has 0 aliphatic rings. The zero-order valence-corrected chi connectivity index (χ0v) is 46.6. The van der Waals surface area contributed by atoms with Gasteiger partial charge >= 0.3 is 0 Å². The van der Waals surface area contributed by atoms with E-state index in [0.717, 1.165) is 61.4 Å². The topological polar surface area (TPSA) is 79.2 Å². The van der Waals surface area contributed by atoms with E-state index in [1.165, 1.54) is 65.9 Å². The van der Waals surface area contributed by atoms with Gasteiger partial charge in [0, 0.05) is 99.7 Å². The first-order valence-electron chi connectivity index (χ1n) is 27.0. The number of pyridine rings is 2. The third kappa shape index (κ3) is 9.70. The van der Waals surface area contributed by atoms with Crippen molar-refractivity contribution in [3.8, 4) is 61.8 Å². The Balaban J connectivity index is 0.000000139. The Labute approximate surface area is 487 Å². The standard InChI is InChI=1S/C40H26N4.C24H16N2.C9H7N2.Ir/c1-5-19-37-31(15-1)32-16-2-6-20-38(32)43(37)29-13-9-11-27(23-29)35-25-36(42-26-41-35)28-12-10-14-30(24-28)44-39-21-7-3-17-33(39)34-18-4-8-22-40(34)44;1-3-7-17(8-4-1)19-13-15-25-23-21(19)11-12-22-20(14-16-26-24(22)23)18-9-5-2-6-10-18;1-2-5-9(6-3-1)11-8-4-7-10-11;/h1-26H;1-16H;1-5,7-8H;/q;;-1;. The summed E-state index contributed by atoms with van der Waals surface area (Å²) in [5.41, 5.74) is 18.5. The molecule has 0 N–H and O–H groups in total. The summed E-state index contributed by atoms with van der Waals surface area (Å²) in [4.78, 5) is 18.8. The third-order valence-electron chi connectivity index (χ3n) is 14.9. The maximum Gasteiger partial charge on any atom is 0.116 e. The molecular weight excluding hydrogens is 1180 g/mol. The van der Waals surface area contributed by atoms with E-state index >= 15 is 0 Å². The second-order valence-electron chi connectivity index (χ2n) is 19.6. The van der Waals surface area contributed by atoms with Crippen molar-refractivity contribution in [3.63, 3.8) is 0 Å². The van der Waals surface area contributed by atoms with Gasteiger partial charge in [-0.2, -0.15) is 29.4 Å². The number of benzene rings is 10. The van der Waals surface area contributed by atoms with Crippen molar-refractivity contribution in [3.05, 3.63) is 304 Å². The van der Waals surface area contributed by atoms with Crippen molar-refractivity contribution >= 4 is 65.4 Å². The van der Waals surface area contributed by atoms with Crippen molar-refractivity contribution in [1.29, 1.82) is 0 Å². The Bertz CT molecular complexity index is 4510. The first-order chi connectivity index (χ1) is 40.2. The molecule has 16 aromatic rings. The minimum absolute atomic E-state index is 0. The van der Waals surface area contributed by atoms with Crippen molar-refractivity contribution in [1.82, 2.24) is 38.9 Å². The second kappa shape index (κ2) is 22.7. The van der Waals surface area contributed by atoms with E-state index in [2.05, 4.69) is 255 Å². The zero-order valence-electron chi connectivity index (χ0n) is 44.2. The third-order valence-corrected chi connectivity index (χ3v) is 14.9. The van der Waals surface area contributed by atoms with E-state index in [9.17, 15) is 0 Å². The summed E-state index contributed by atoms with van der Waals surface area (Å²) in [6.45, 7) is 0. The smallest absolute Gasteiger partial charge is 0.116 e. The quantitative estimate of drug-likeness (QED) is 0.117. The zero-order chi connectivity index (χ0) is 53.9. The van der Waals surface area contributed by atoms with Crippen LogP contribution in [0.3, 0.4) is 0 Å². The van der Waals surface area contributed by atoms with E-state index in [4.69, 9.17) is 9.97 Å². The van der Waals surface area contributed by atoms with Crippen LogP contribution >= 0.6 is 0 Å². The molecule has 6 heterocycles. The molecule has 8 nitrogen and oxygen atoms in total. The maximum atomic E-state index is 4.71. The van der Waals surface area contributed by atoms with Crippen LogP contribution in [0.15, 0.2) is 298 Å². The van der Waals surface area contributed by atoms with Crippen LogP contribution in [0.1, 0.15) is 0 Å². The van der Waals surface area contributed by atoms with Gasteiger partial charge in [0.15, 0.2) is 0 Å². The number of fused-ring (bicyclic) bond motifs is 9. The van der Waals surface area contributed by atoms with E-state index in [-0.39, 0.29) is 20.1 Å². The number of para-hydroxylation sites is 5. The van der Waals surface area contributed by atoms with Crippen LogP contribution in [0.25, 0.3) is 127 Å². The Morgan fingerprint density at radius 3 is 1.17 bits per heavy atom. The summed E-state index contributed by atoms with van der Waals surface area (Å²) in [7, 11) is 0. The first kappa shape index (κ1) is 51.0. The van der Waals surface area contributed by atoms with Crippen molar-refractivity contribution < 1.29 is 20.1 Å². The van der Waals surface area contributed by atoms with Gasteiger partial charge in [0.05, 0.1) is 44.5 Å². The first-order valence-corrected chi connectivity index (χ1v) is 27.0. The molecule has 10 aromatic carbocycles. The van der Waals surface area contributed by atoms with Gasteiger partial charge in [0.2, 0.25) is 0 Å². The Morgan fingerprint density at radius 1 is 0.317 bits per heavy atom. The number of aromatic nitrogens is 8. The van der Waals surface area contributed by atoms with Gasteiger partial charge in [0.25, 0.3) is 0 Å². The van der Waals surface area contributed by atoms with Gasteiger partial charge in [-0.3, -0.25) is 14.6 Å². The number of hydrogen-bond acceptors (Lipinski definition) is 5. The fourth-order valence-electron chi connectivity index (χ4n) is 11.2. The Kier molecular flexibility index (Phi) is 14.1. The van der Waals surface area contributed by atoms with E-state index in [0.29, 0.717) is 0 Å². The summed E-state index contributed by atoms with van der Waals surface area (Å²) in [5, 5.41) is 11.3. The van der Waals surface area contributed by atoms with Crippen molar-refractivity contribution in [2.45, 2.75) is 0 Å². The van der Waals surface area contributed by atoms with E-state index < -0.39 is 0 Å². The molecule has 0 saturated heterocycles. The number of hydrogen-bond donors (Lipinski definition) is 0. The van der Waals surface area contributed by atoms with Crippen LogP contribution in [0, 0.1) is 6.07 Å². The van der Waals surface area contributed by atoms with Gasteiger partial charge < -0.3 is 9.13 Å². The van der Waals surface area contributed by atoms with E-state index in [1.807, 2.05) is 61.1 Å². The Morgan fingerprint density at radius 2 is 0.744 bits per heavy atom. The molecule has 0 aliphatic heterocycles. The van der Waals surface area contributed by atoms with Gasteiger partial charge in [-0.25, -0.2) is 9.97 Å². The van der Waals surface area contributed by atoms with Gasteiger partial charge in [-0.15, -0.1) is 6.07 Å². The molecule has 0 fully saturated rings. The average Bonchev–Trinajstić information content (AvgIpc) is 4.43. The van der Waals surface area contributed by atoms with Crippen molar-refractivity contribution in [2.24, 2.45) is 0 Å². The van der Waals surface area contributed by atoms with Gasteiger partial charge in [-0.1, -0.05) is 170 Å². The SMILES string of the molecule is [Ir].[c-]1ccccc1-n1cccn1.c1cc(-c2cc(-c3cccc(-n4c5ccccc5c5ccccc54)c3)ncn2)cc(-n2c3ccccc3c3ccccc32)c1.c1ccc(-c2ccnc3c2ccc2c(-c4ccccc4)ccnc23)cc1. The van der Waals surface area contributed by atoms with Gasteiger partial charge in [-0.05, 0) is 101 Å². The van der Waals surface area contributed by atoms with Crippen LogP contribution < -0.4 is 0 Å². The summed E-state index contributed by atoms with van der Waals surface area (Å²) in [6, 6.07) is 95.8. The maximum absolute atomic E-state index is 4.71. The molecule has 0 saturated carbocycles. The molecule has 9 heteroatoms. The molecule has 0 aliphatic carbocycles. The summed E-state index contributed by atoms with van der Waals surface area (Å²) in [5.74, 6) is 0. The van der Waals surface area contributed by atoms with Crippen LogP contribution in [-0.2, 0) is 20.1 Å². The largest absolute Gasteiger partial charge is 0.309 e. The van der Waals surface area contributed by atoms with Gasteiger partial charge in [0.1, 0.15) is 6.33 Å². The monoisotopic (exact) mass is 1230 g/mol. The predicted octanol–water partition coefficient (Wildman–Crippen LogP) is 17.8. The fraction of sp³-hybridized carbons (Fsp3) is 0. The molecule has 16 rings (SSSR count).